The summed E-state index contributed by atoms with van der Waals surface area (Å²) in [6.45, 7) is 3.02. The summed E-state index contributed by atoms with van der Waals surface area (Å²) >= 11 is 0. The maximum absolute atomic E-state index is 13.2. The molecule has 2 aliphatic heterocycles. The molecule has 3 aromatic carbocycles. The highest BCUT2D eigenvalue weighted by Gasteiger charge is 2.37. The number of ether oxygens (including phenoxy) is 1. The molecule has 0 aliphatic carbocycles. The first-order valence-corrected chi connectivity index (χ1v) is 10.2. The Labute approximate surface area is 179 Å². The first-order chi connectivity index (χ1) is 15.1. The molecular formula is C25H20N2O4. The number of carbonyl (C=O) groups excluding carboxylic acids is 3. The van der Waals surface area contributed by atoms with E-state index in [0.717, 1.165) is 22.6 Å². The summed E-state index contributed by atoms with van der Waals surface area (Å²) in [6.07, 6.45) is 0.801. The van der Waals surface area contributed by atoms with E-state index in [1.54, 1.807) is 41.3 Å². The molecular weight excluding hydrogens is 392 g/mol. The van der Waals surface area contributed by atoms with Gasteiger partial charge in [0.15, 0.2) is 0 Å². The Morgan fingerprint density at radius 1 is 0.935 bits per heavy atom. The number of imide groups is 1. The van der Waals surface area contributed by atoms with Crippen molar-refractivity contribution >= 4 is 29.1 Å². The monoisotopic (exact) mass is 412 g/mol. The van der Waals surface area contributed by atoms with E-state index in [1.165, 1.54) is 6.07 Å². The minimum absolute atomic E-state index is 0.174. The van der Waals surface area contributed by atoms with Crippen molar-refractivity contribution in [3.8, 4) is 5.75 Å². The number of nitrogens with zero attached hydrogens (tertiary/aromatic N) is 2. The molecule has 0 atom stereocenters. The largest absolute Gasteiger partial charge is 0.494 e. The molecule has 2 aliphatic rings. The Morgan fingerprint density at radius 2 is 1.68 bits per heavy atom. The van der Waals surface area contributed by atoms with Crippen molar-refractivity contribution < 1.29 is 19.1 Å². The molecule has 0 spiro atoms. The van der Waals surface area contributed by atoms with Crippen LogP contribution in [0.25, 0.3) is 0 Å². The highest BCUT2D eigenvalue weighted by atomic mass is 16.5. The van der Waals surface area contributed by atoms with E-state index in [-0.39, 0.29) is 11.5 Å². The Bertz CT molecular complexity index is 1220. The zero-order valence-electron chi connectivity index (χ0n) is 17.0. The van der Waals surface area contributed by atoms with Gasteiger partial charge in [-0.05, 0) is 67.4 Å². The third kappa shape index (κ3) is 3.08. The Balaban J connectivity index is 1.44. The molecule has 0 bridgehead atoms. The summed E-state index contributed by atoms with van der Waals surface area (Å²) in [4.78, 5) is 42.0. The fourth-order valence-electron chi connectivity index (χ4n) is 4.17. The second-order valence-electron chi connectivity index (χ2n) is 7.47. The Hall–Kier alpha value is -3.93. The van der Waals surface area contributed by atoms with Gasteiger partial charge in [-0.1, -0.05) is 18.2 Å². The van der Waals surface area contributed by atoms with Crippen LogP contribution in [0.4, 0.5) is 11.4 Å². The quantitative estimate of drug-likeness (QED) is 0.606. The van der Waals surface area contributed by atoms with E-state index in [2.05, 4.69) is 0 Å². The van der Waals surface area contributed by atoms with E-state index in [9.17, 15) is 14.4 Å². The number of fused-ring (bicyclic) bond motifs is 2. The lowest BCUT2D eigenvalue weighted by Gasteiger charge is -2.17. The van der Waals surface area contributed by atoms with Gasteiger partial charge in [0.2, 0.25) is 0 Å². The van der Waals surface area contributed by atoms with E-state index in [4.69, 9.17) is 4.74 Å². The first-order valence-electron chi connectivity index (χ1n) is 10.2. The van der Waals surface area contributed by atoms with Crippen LogP contribution < -0.4 is 14.5 Å². The zero-order chi connectivity index (χ0) is 21.5. The van der Waals surface area contributed by atoms with Gasteiger partial charge in [0, 0.05) is 17.8 Å². The van der Waals surface area contributed by atoms with Gasteiger partial charge in [-0.3, -0.25) is 14.4 Å². The number of para-hydroxylation sites is 1. The molecule has 3 amide bonds. The highest BCUT2D eigenvalue weighted by Crippen LogP contribution is 2.32. The van der Waals surface area contributed by atoms with Crippen LogP contribution in [0.5, 0.6) is 5.75 Å². The van der Waals surface area contributed by atoms with Crippen molar-refractivity contribution in [2.45, 2.75) is 13.3 Å². The van der Waals surface area contributed by atoms with Crippen molar-refractivity contribution in [1.29, 1.82) is 0 Å². The van der Waals surface area contributed by atoms with Crippen molar-refractivity contribution in [2.75, 3.05) is 23.0 Å². The average molecular weight is 412 g/mol. The maximum atomic E-state index is 13.2. The number of carbonyl (C=O) groups is 3. The minimum atomic E-state index is -0.430. The van der Waals surface area contributed by atoms with E-state index in [1.807, 2.05) is 31.2 Å². The number of anilines is 2. The lowest BCUT2D eigenvalue weighted by atomic mass is 10.0. The number of hydrogen-bond donors (Lipinski definition) is 0. The van der Waals surface area contributed by atoms with Crippen LogP contribution >= 0.6 is 0 Å². The third-order valence-corrected chi connectivity index (χ3v) is 5.67. The van der Waals surface area contributed by atoms with E-state index < -0.39 is 11.8 Å². The predicted molar refractivity (Wildman–Crippen MR) is 117 cm³/mol. The third-order valence-electron chi connectivity index (χ3n) is 5.67. The van der Waals surface area contributed by atoms with Crippen molar-refractivity contribution in [1.82, 2.24) is 0 Å². The lowest BCUT2D eigenvalue weighted by molar-refractivity contribution is 0.0925. The summed E-state index contributed by atoms with van der Waals surface area (Å²) in [5, 5.41) is 0. The second-order valence-corrected chi connectivity index (χ2v) is 7.47. The molecule has 5 rings (SSSR count). The van der Waals surface area contributed by atoms with Crippen LogP contribution in [0, 0.1) is 0 Å². The summed E-state index contributed by atoms with van der Waals surface area (Å²) in [6, 6.07) is 19.3. The van der Waals surface area contributed by atoms with Gasteiger partial charge in [-0.2, -0.15) is 0 Å². The van der Waals surface area contributed by atoms with Crippen LogP contribution in [0.2, 0.25) is 0 Å². The summed E-state index contributed by atoms with van der Waals surface area (Å²) in [7, 11) is 0. The normalized spacial score (nSPS) is 14.6. The summed E-state index contributed by atoms with van der Waals surface area (Å²) in [5.41, 5.74) is 3.44. The molecule has 2 heterocycles. The van der Waals surface area contributed by atoms with Crippen LogP contribution in [0.3, 0.4) is 0 Å². The molecule has 0 N–H and O–H groups in total. The van der Waals surface area contributed by atoms with Gasteiger partial charge in [-0.15, -0.1) is 0 Å². The molecule has 6 nitrogen and oxygen atoms in total. The lowest BCUT2D eigenvalue weighted by Crippen LogP contribution is -2.29. The molecule has 3 aromatic rings. The topological polar surface area (TPSA) is 66.9 Å². The number of amides is 3. The molecule has 154 valence electrons. The van der Waals surface area contributed by atoms with Gasteiger partial charge >= 0.3 is 0 Å². The standard InChI is InChI=1S/C25H20N2O4/c1-2-31-19-10-8-18(9-11-19)27-24(29)20-12-7-17(15-21(20)25(27)30)23(28)26-14-13-16-5-3-4-6-22(16)26/h3-12,15H,2,13-14H2,1H3. The predicted octanol–water partition coefficient (Wildman–Crippen LogP) is 4.09. The molecule has 0 aromatic heterocycles. The van der Waals surface area contributed by atoms with Gasteiger partial charge in [0.05, 0.1) is 23.4 Å². The van der Waals surface area contributed by atoms with Crippen molar-refractivity contribution in [3.05, 3.63) is 89.0 Å². The van der Waals surface area contributed by atoms with Crippen molar-refractivity contribution in [3.63, 3.8) is 0 Å². The highest BCUT2D eigenvalue weighted by molar-refractivity contribution is 6.34. The molecule has 0 radical (unpaired) electrons. The number of benzene rings is 3. The van der Waals surface area contributed by atoms with Crippen molar-refractivity contribution in [2.24, 2.45) is 0 Å². The van der Waals surface area contributed by atoms with Crippen LogP contribution in [0.1, 0.15) is 43.6 Å². The fourth-order valence-corrected chi connectivity index (χ4v) is 4.17. The van der Waals surface area contributed by atoms with Crippen LogP contribution in [-0.4, -0.2) is 30.9 Å². The fraction of sp³-hybridized carbons (Fsp3) is 0.160. The average Bonchev–Trinajstić information content (AvgIpc) is 3.33. The van der Waals surface area contributed by atoms with E-state index in [0.29, 0.717) is 35.7 Å². The van der Waals surface area contributed by atoms with Gasteiger partial charge in [0.1, 0.15) is 5.75 Å². The van der Waals surface area contributed by atoms with Crippen LogP contribution in [-0.2, 0) is 6.42 Å². The minimum Gasteiger partial charge on any atom is -0.494 e. The van der Waals surface area contributed by atoms with Crippen LogP contribution in [0.15, 0.2) is 66.7 Å². The van der Waals surface area contributed by atoms with E-state index >= 15 is 0 Å². The maximum Gasteiger partial charge on any atom is 0.266 e. The molecule has 6 heteroatoms. The Kier molecular flexibility index (Phi) is 4.55. The molecule has 0 saturated heterocycles. The number of hydrogen-bond acceptors (Lipinski definition) is 4. The van der Waals surface area contributed by atoms with Gasteiger partial charge < -0.3 is 9.64 Å². The first kappa shape index (κ1) is 19.1. The smallest absolute Gasteiger partial charge is 0.266 e. The molecule has 0 saturated carbocycles. The summed E-state index contributed by atoms with van der Waals surface area (Å²) < 4.78 is 5.42. The SMILES string of the molecule is CCOc1ccc(N2C(=O)c3ccc(C(=O)N4CCc5ccccc54)cc3C2=O)cc1. The molecule has 0 unspecified atom stereocenters. The molecule has 0 fully saturated rings. The van der Waals surface area contributed by atoms with Gasteiger partial charge in [-0.25, -0.2) is 4.90 Å². The number of rotatable bonds is 4. The summed E-state index contributed by atoms with van der Waals surface area (Å²) in [5.74, 6) is -0.329. The second kappa shape index (κ2) is 7.40. The van der Waals surface area contributed by atoms with Gasteiger partial charge in [0.25, 0.3) is 17.7 Å². The molecule has 31 heavy (non-hydrogen) atoms. The Morgan fingerprint density at radius 3 is 2.45 bits per heavy atom. The zero-order valence-corrected chi connectivity index (χ0v) is 17.0.